The fourth-order valence-electron chi connectivity index (χ4n) is 3.08. The summed E-state index contributed by atoms with van der Waals surface area (Å²) in [5, 5.41) is 6.14. The Bertz CT molecular complexity index is 1090. The van der Waals surface area contributed by atoms with Crippen molar-refractivity contribution in [1.29, 1.82) is 0 Å². The molecule has 2 aromatic rings. The zero-order valence-corrected chi connectivity index (χ0v) is 19.0. The van der Waals surface area contributed by atoms with Gasteiger partial charge in [0, 0.05) is 30.5 Å². The first kappa shape index (κ1) is 23.8. The van der Waals surface area contributed by atoms with E-state index in [1.807, 2.05) is 0 Å². The average molecular weight is 487 g/mol. The number of esters is 2. The van der Waals surface area contributed by atoms with Gasteiger partial charge >= 0.3 is 11.9 Å². The predicted octanol–water partition coefficient (Wildman–Crippen LogP) is 1.52. The lowest BCUT2D eigenvalue weighted by atomic mass is 9.97. The number of hydrogen-bond donors (Lipinski definition) is 1. The van der Waals surface area contributed by atoms with Crippen LogP contribution in [0.25, 0.3) is 0 Å². The topological polar surface area (TPSA) is 158 Å². The number of anilines is 1. The van der Waals surface area contributed by atoms with Gasteiger partial charge < -0.3 is 19.2 Å². The zero-order valence-electron chi connectivity index (χ0n) is 17.4. The molecule has 0 saturated carbocycles. The summed E-state index contributed by atoms with van der Waals surface area (Å²) in [5.41, 5.74) is -0.0690. The molecular weight excluding hydrogens is 464 g/mol. The average Bonchev–Trinajstić information content (AvgIpc) is 3.44. The second-order valence-electron chi connectivity index (χ2n) is 6.68. The van der Waals surface area contributed by atoms with Gasteiger partial charge in [-0.15, -0.1) is 5.10 Å². The highest BCUT2D eigenvalue weighted by Gasteiger charge is 2.35. The number of furan rings is 1. The number of rotatable bonds is 8. The lowest BCUT2D eigenvalue weighted by Crippen LogP contribution is -2.41. The molecule has 32 heavy (non-hydrogen) atoms. The van der Waals surface area contributed by atoms with Gasteiger partial charge in [0.05, 0.1) is 13.2 Å². The number of carbonyl (C=O) groups excluding carboxylic acids is 3. The fourth-order valence-corrected chi connectivity index (χ4v) is 5.02. The van der Waals surface area contributed by atoms with Gasteiger partial charge in [-0.2, -0.15) is 4.31 Å². The molecule has 3 rings (SSSR count). The zero-order chi connectivity index (χ0) is 23.3. The van der Waals surface area contributed by atoms with Gasteiger partial charge in [0.2, 0.25) is 22.5 Å². The third-order valence-electron chi connectivity index (χ3n) is 4.67. The molecule has 0 aliphatic carbocycles. The second kappa shape index (κ2) is 10.2. The summed E-state index contributed by atoms with van der Waals surface area (Å²) in [7, 11) is -3.96. The first-order chi connectivity index (χ1) is 15.3. The van der Waals surface area contributed by atoms with Crippen LogP contribution in [0.2, 0.25) is 0 Å². The number of nitrogens with one attached hydrogen (secondary N) is 1. The van der Waals surface area contributed by atoms with Crippen LogP contribution in [-0.4, -0.2) is 66.5 Å². The molecule has 1 N–H and O–H groups in total. The molecule has 1 saturated heterocycles. The molecule has 1 aliphatic rings. The summed E-state index contributed by atoms with van der Waals surface area (Å²) in [6.45, 7) is 3.74. The summed E-state index contributed by atoms with van der Waals surface area (Å²) in [6, 6.07) is 2.45. The summed E-state index contributed by atoms with van der Waals surface area (Å²) >= 11 is 0.856. The highest BCUT2D eigenvalue weighted by molar-refractivity contribution is 7.89. The summed E-state index contributed by atoms with van der Waals surface area (Å²) < 4.78 is 45.3. The van der Waals surface area contributed by atoms with Crippen LogP contribution in [0.4, 0.5) is 5.00 Å². The van der Waals surface area contributed by atoms with Crippen molar-refractivity contribution < 1.29 is 36.7 Å². The SMILES string of the molecule is CCOC(=O)c1ccc(S(=O)(=O)N2CCC(C(=O)Nc3snnc3C(=O)OCC)CC2)o1. The van der Waals surface area contributed by atoms with E-state index in [1.165, 1.54) is 16.4 Å². The monoisotopic (exact) mass is 486 g/mol. The smallest absolute Gasteiger partial charge is 0.374 e. The molecule has 1 aliphatic heterocycles. The maximum absolute atomic E-state index is 12.8. The maximum atomic E-state index is 12.8. The van der Waals surface area contributed by atoms with E-state index in [0.29, 0.717) is 0 Å². The molecule has 14 heteroatoms. The minimum atomic E-state index is -3.96. The minimum Gasteiger partial charge on any atom is -0.461 e. The largest absolute Gasteiger partial charge is 0.461 e. The predicted molar refractivity (Wildman–Crippen MR) is 111 cm³/mol. The standard InChI is InChI=1S/C18H22N4O8S2/c1-3-28-17(24)12-5-6-13(30-12)32(26,27)22-9-7-11(8-10-22)15(23)19-16-14(20-21-31-16)18(25)29-4-2/h5-6,11H,3-4,7-10H2,1-2H3,(H,19,23). The Balaban J connectivity index is 1.60. The highest BCUT2D eigenvalue weighted by Crippen LogP contribution is 2.27. The van der Waals surface area contributed by atoms with Crippen molar-refractivity contribution >= 4 is 44.4 Å². The minimum absolute atomic E-state index is 0.0690. The van der Waals surface area contributed by atoms with Gasteiger partial charge in [0.25, 0.3) is 10.0 Å². The van der Waals surface area contributed by atoms with Crippen LogP contribution in [-0.2, 0) is 24.3 Å². The van der Waals surface area contributed by atoms with E-state index in [2.05, 4.69) is 14.9 Å². The molecule has 174 valence electrons. The molecule has 0 spiro atoms. The molecule has 0 unspecified atom stereocenters. The number of amides is 1. The molecule has 0 radical (unpaired) electrons. The van der Waals surface area contributed by atoms with E-state index >= 15 is 0 Å². The van der Waals surface area contributed by atoms with E-state index in [0.717, 1.165) is 11.5 Å². The number of ether oxygens (including phenoxy) is 2. The van der Waals surface area contributed by atoms with Crippen molar-refractivity contribution in [2.24, 2.45) is 5.92 Å². The number of hydrogen-bond acceptors (Lipinski definition) is 11. The molecule has 0 bridgehead atoms. The first-order valence-electron chi connectivity index (χ1n) is 9.85. The maximum Gasteiger partial charge on any atom is 0.374 e. The van der Waals surface area contributed by atoms with Crippen LogP contribution in [0.1, 0.15) is 47.7 Å². The van der Waals surface area contributed by atoms with Crippen LogP contribution in [0.5, 0.6) is 0 Å². The summed E-state index contributed by atoms with van der Waals surface area (Å²) in [5.74, 6) is -2.45. The lowest BCUT2D eigenvalue weighted by Gasteiger charge is -2.29. The molecule has 1 amide bonds. The molecule has 3 heterocycles. The van der Waals surface area contributed by atoms with Gasteiger partial charge in [-0.05, 0) is 38.8 Å². The lowest BCUT2D eigenvalue weighted by molar-refractivity contribution is -0.120. The van der Waals surface area contributed by atoms with Crippen molar-refractivity contribution in [3.63, 3.8) is 0 Å². The van der Waals surface area contributed by atoms with Crippen LogP contribution in [0.3, 0.4) is 0 Å². The number of aromatic nitrogens is 2. The Hall–Kier alpha value is -2.84. The molecule has 2 aromatic heterocycles. The van der Waals surface area contributed by atoms with E-state index < -0.39 is 27.9 Å². The summed E-state index contributed by atoms with van der Waals surface area (Å²) in [4.78, 5) is 36.2. The molecular formula is C18H22N4O8S2. The number of nitrogens with zero attached hydrogens (tertiary/aromatic N) is 3. The molecule has 12 nitrogen and oxygen atoms in total. The Morgan fingerprint density at radius 1 is 1.16 bits per heavy atom. The van der Waals surface area contributed by atoms with Crippen molar-refractivity contribution in [3.8, 4) is 0 Å². The molecule has 0 aromatic carbocycles. The van der Waals surface area contributed by atoms with E-state index in [9.17, 15) is 22.8 Å². The fraction of sp³-hybridized carbons (Fsp3) is 0.500. The van der Waals surface area contributed by atoms with E-state index in [-0.39, 0.29) is 66.6 Å². The van der Waals surface area contributed by atoms with Crippen molar-refractivity contribution in [1.82, 2.24) is 13.9 Å². The van der Waals surface area contributed by atoms with Gasteiger partial charge in [-0.25, -0.2) is 18.0 Å². The van der Waals surface area contributed by atoms with Crippen LogP contribution in [0, 0.1) is 5.92 Å². The Morgan fingerprint density at radius 2 is 1.81 bits per heavy atom. The van der Waals surface area contributed by atoms with Gasteiger partial charge in [-0.3, -0.25) is 4.79 Å². The van der Waals surface area contributed by atoms with Crippen LogP contribution < -0.4 is 5.32 Å². The quantitative estimate of drug-likeness (QED) is 0.542. The van der Waals surface area contributed by atoms with E-state index in [4.69, 9.17) is 13.9 Å². The van der Waals surface area contributed by atoms with Crippen molar-refractivity contribution in [3.05, 3.63) is 23.6 Å². The van der Waals surface area contributed by atoms with E-state index in [1.54, 1.807) is 13.8 Å². The molecule has 1 fully saturated rings. The van der Waals surface area contributed by atoms with Gasteiger partial charge in [0.1, 0.15) is 0 Å². The highest BCUT2D eigenvalue weighted by atomic mass is 32.2. The Kier molecular flexibility index (Phi) is 7.58. The van der Waals surface area contributed by atoms with Gasteiger partial charge in [-0.1, -0.05) is 4.49 Å². The van der Waals surface area contributed by atoms with Gasteiger partial charge in [0.15, 0.2) is 5.00 Å². The Morgan fingerprint density at radius 3 is 2.47 bits per heavy atom. The second-order valence-corrected chi connectivity index (χ2v) is 9.30. The number of piperidine rings is 1. The molecule has 0 atom stereocenters. The van der Waals surface area contributed by atoms with Crippen molar-refractivity contribution in [2.45, 2.75) is 31.8 Å². The third-order valence-corrected chi connectivity index (χ3v) is 7.08. The number of sulfonamides is 1. The Labute approximate surface area is 188 Å². The first-order valence-corrected chi connectivity index (χ1v) is 12.1. The normalized spacial score (nSPS) is 15.3. The summed E-state index contributed by atoms with van der Waals surface area (Å²) in [6.07, 6.45) is 0.523. The van der Waals surface area contributed by atoms with Crippen LogP contribution in [0.15, 0.2) is 21.6 Å². The van der Waals surface area contributed by atoms with Crippen LogP contribution >= 0.6 is 11.5 Å². The number of carbonyl (C=O) groups is 3. The van der Waals surface area contributed by atoms with Crippen molar-refractivity contribution in [2.75, 3.05) is 31.6 Å². The third kappa shape index (κ3) is 5.14.